The van der Waals surface area contributed by atoms with Crippen molar-refractivity contribution < 1.29 is 8.42 Å². The maximum absolute atomic E-state index is 13.1. The predicted molar refractivity (Wildman–Crippen MR) is 137 cm³/mol. The van der Waals surface area contributed by atoms with Crippen molar-refractivity contribution in [3.63, 3.8) is 0 Å². The molecule has 0 saturated heterocycles. The van der Waals surface area contributed by atoms with Crippen molar-refractivity contribution in [2.24, 2.45) is 0 Å². The molecule has 1 heterocycles. The van der Waals surface area contributed by atoms with Crippen LogP contribution >= 0.6 is 0 Å². The number of hydrogen-bond donors (Lipinski definition) is 2. The number of terminal acetylenes is 1. The largest absolute Gasteiger partial charge is 0.338 e. The van der Waals surface area contributed by atoms with Gasteiger partial charge in [0.25, 0.3) is 0 Å². The van der Waals surface area contributed by atoms with Gasteiger partial charge in [0.15, 0.2) is 5.82 Å². The molecule has 0 aliphatic rings. The van der Waals surface area contributed by atoms with Crippen molar-refractivity contribution in [1.29, 1.82) is 0 Å². The molecule has 4 rings (SSSR count). The van der Waals surface area contributed by atoms with Gasteiger partial charge in [-0.1, -0.05) is 60.5 Å². The molecule has 3 aromatic carbocycles. The zero-order valence-corrected chi connectivity index (χ0v) is 20.4. The van der Waals surface area contributed by atoms with E-state index in [0.29, 0.717) is 22.6 Å². The van der Waals surface area contributed by atoms with Crippen LogP contribution in [0.1, 0.15) is 25.0 Å². The Morgan fingerprint density at radius 1 is 0.882 bits per heavy atom. The molecule has 34 heavy (non-hydrogen) atoms. The molecule has 7 heteroatoms. The quantitative estimate of drug-likeness (QED) is 0.371. The maximum atomic E-state index is 13.1. The second-order valence-corrected chi connectivity index (χ2v) is 10.4. The molecule has 1 aromatic heterocycles. The number of aromatic nitrogens is 2. The summed E-state index contributed by atoms with van der Waals surface area (Å²) in [5, 5.41) is 14.1. The van der Waals surface area contributed by atoms with Crippen molar-refractivity contribution in [3.05, 3.63) is 77.9 Å². The van der Waals surface area contributed by atoms with Crippen LogP contribution < -0.4 is 10.0 Å². The van der Waals surface area contributed by atoms with Gasteiger partial charge in [-0.05, 0) is 51.0 Å². The van der Waals surface area contributed by atoms with Gasteiger partial charge in [-0.2, -0.15) is 4.72 Å². The normalized spacial score (nSPS) is 11.9. The number of aryl methyl sites for hydroxylation is 2. The number of hydrogen-bond acceptors (Lipinski definition) is 5. The Bertz CT molecular complexity index is 1540. The molecular weight excluding hydrogens is 444 g/mol. The average Bonchev–Trinajstić information content (AvgIpc) is 2.80. The Kier molecular flexibility index (Phi) is 6.13. The lowest BCUT2D eigenvalue weighted by Crippen LogP contribution is -2.42. The van der Waals surface area contributed by atoms with E-state index in [1.807, 2.05) is 61.5 Å². The van der Waals surface area contributed by atoms with E-state index in [1.165, 1.54) is 0 Å². The highest BCUT2D eigenvalue weighted by Crippen LogP contribution is 2.33. The number of para-hydroxylation sites is 1. The topological polar surface area (TPSA) is 84.0 Å². The molecule has 172 valence electrons. The van der Waals surface area contributed by atoms with Crippen LogP contribution in [0.3, 0.4) is 0 Å². The third-order valence-corrected chi connectivity index (χ3v) is 7.38. The molecule has 4 aromatic rings. The second kappa shape index (κ2) is 8.90. The van der Waals surface area contributed by atoms with Crippen LogP contribution in [-0.2, 0) is 10.0 Å². The summed E-state index contributed by atoms with van der Waals surface area (Å²) in [7, 11) is -3.85. The van der Waals surface area contributed by atoms with E-state index in [1.54, 1.807) is 32.9 Å². The number of fused-ring (bicyclic) bond motifs is 1. The summed E-state index contributed by atoms with van der Waals surface area (Å²) in [4.78, 5) is 0.154. The molecule has 0 aliphatic heterocycles. The number of benzene rings is 3. The van der Waals surface area contributed by atoms with E-state index in [9.17, 15) is 8.42 Å². The third kappa shape index (κ3) is 4.65. The van der Waals surface area contributed by atoms with Crippen molar-refractivity contribution in [3.8, 4) is 23.6 Å². The Balaban J connectivity index is 1.82. The van der Waals surface area contributed by atoms with Gasteiger partial charge in [0.2, 0.25) is 10.0 Å². The summed E-state index contributed by atoms with van der Waals surface area (Å²) in [6, 6.07) is 21.0. The minimum absolute atomic E-state index is 0.154. The fourth-order valence-electron chi connectivity index (χ4n) is 3.71. The first kappa shape index (κ1) is 23.4. The highest BCUT2D eigenvalue weighted by molar-refractivity contribution is 7.89. The molecule has 0 atom stereocenters. The van der Waals surface area contributed by atoms with Crippen LogP contribution in [-0.4, -0.2) is 24.2 Å². The van der Waals surface area contributed by atoms with Crippen LogP contribution in [0.5, 0.6) is 0 Å². The number of rotatable bonds is 6. The Labute approximate surface area is 200 Å². The minimum Gasteiger partial charge on any atom is -0.338 e. The van der Waals surface area contributed by atoms with E-state index in [-0.39, 0.29) is 4.90 Å². The molecule has 0 amide bonds. The summed E-state index contributed by atoms with van der Waals surface area (Å²) in [5.74, 6) is 3.10. The van der Waals surface area contributed by atoms with Gasteiger partial charge in [-0.3, -0.25) is 0 Å². The Hall–Kier alpha value is -3.73. The lowest BCUT2D eigenvalue weighted by atomic mass is 10.0. The fraction of sp³-hybridized carbons (Fsp3) is 0.185. The van der Waals surface area contributed by atoms with Crippen LogP contribution in [0, 0.1) is 26.2 Å². The highest BCUT2D eigenvalue weighted by Gasteiger charge is 2.26. The van der Waals surface area contributed by atoms with Crippen molar-refractivity contribution in [1.82, 2.24) is 14.9 Å². The second-order valence-electron chi connectivity index (χ2n) is 8.74. The molecule has 0 fully saturated rings. The first-order valence-corrected chi connectivity index (χ1v) is 12.3. The van der Waals surface area contributed by atoms with Crippen LogP contribution in [0.25, 0.3) is 22.0 Å². The Morgan fingerprint density at radius 3 is 2.26 bits per heavy atom. The summed E-state index contributed by atoms with van der Waals surface area (Å²) < 4.78 is 28.8. The summed E-state index contributed by atoms with van der Waals surface area (Å²) in [6.07, 6.45) is 5.49. The smallest absolute Gasteiger partial charge is 0.242 e. The first-order chi connectivity index (χ1) is 16.1. The zero-order chi connectivity index (χ0) is 24.5. The molecule has 0 aliphatic carbocycles. The number of anilines is 2. The van der Waals surface area contributed by atoms with E-state index in [4.69, 9.17) is 6.42 Å². The molecule has 0 bridgehead atoms. The van der Waals surface area contributed by atoms with Crippen molar-refractivity contribution in [2.45, 2.75) is 38.1 Å². The van der Waals surface area contributed by atoms with Gasteiger partial charge < -0.3 is 5.32 Å². The zero-order valence-electron chi connectivity index (χ0n) is 19.5. The van der Waals surface area contributed by atoms with Crippen LogP contribution in [0.2, 0.25) is 0 Å². The van der Waals surface area contributed by atoms with Gasteiger partial charge in [-0.25, -0.2) is 8.42 Å². The highest BCUT2D eigenvalue weighted by atomic mass is 32.2. The fourth-order valence-corrected chi connectivity index (χ4v) is 5.32. The van der Waals surface area contributed by atoms with Gasteiger partial charge in [0.1, 0.15) is 5.69 Å². The SMILES string of the molecule is C#CC(C)(C)NS(=O)(=O)c1cc(-c2nnc(Nc3ccccc3C)c3ccccc23)ccc1C. The molecule has 6 nitrogen and oxygen atoms in total. The van der Waals surface area contributed by atoms with E-state index < -0.39 is 15.6 Å². The van der Waals surface area contributed by atoms with Gasteiger partial charge in [0.05, 0.1) is 10.4 Å². The van der Waals surface area contributed by atoms with E-state index in [2.05, 4.69) is 26.2 Å². The van der Waals surface area contributed by atoms with Gasteiger partial charge >= 0.3 is 0 Å². The van der Waals surface area contributed by atoms with Crippen LogP contribution in [0.4, 0.5) is 11.5 Å². The standard InChI is InChI=1S/C27H26N4O2S/c1-6-27(4,5)31-34(32,33)24-17-20(16-15-19(24)3)25-21-12-8-9-13-22(21)26(30-29-25)28-23-14-10-7-11-18(23)2/h1,7-17,31H,2-5H3,(H,28,30). The van der Waals surface area contributed by atoms with Crippen molar-refractivity contribution in [2.75, 3.05) is 5.32 Å². The number of nitrogens with zero attached hydrogens (tertiary/aromatic N) is 2. The minimum atomic E-state index is -3.85. The molecule has 0 unspecified atom stereocenters. The molecule has 0 radical (unpaired) electrons. The lowest BCUT2D eigenvalue weighted by Gasteiger charge is -2.20. The summed E-state index contributed by atoms with van der Waals surface area (Å²) in [5.41, 5.74) is 2.87. The van der Waals surface area contributed by atoms with Crippen molar-refractivity contribution >= 4 is 32.3 Å². The summed E-state index contributed by atoms with van der Waals surface area (Å²) in [6.45, 7) is 7.06. The number of nitrogens with one attached hydrogen (secondary N) is 2. The van der Waals surface area contributed by atoms with Crippen LogP contribution in [0.15, 0.2) is 71.6 Å². The molecule has 0 spiro atoms. The van der Waals surface area contributed by atoms with Gasteiger partial charge in [0, 0.05) is 22.0 Å². The molecule has 0 saturated carbocycles. The lowest BCUT2D eigenvalue weighted by molar-refractivity contribution is 0.538. The maximum Gasteiger partial charge on any atom is 0.242 e. The summed E-state index contributed by atoms with van der Waals surface area (Å²) >= 11 is 0. The molecular formula is C27H26N4O2S. The first-order valence-electron chi connectivity index (χ1n) is 10.8. The number of sulfonamides is 1. The monoisotopic (exact) mass is 470 g/mol. The van der Waals surface area contributed by atoms with E-state index >= 15 is 0 Å². The van der Waals surface area contributed by atoms with Gasteiger partial charge in [-0.15, -0.1) is 16.6 Å². The molecule has 2 N–H and O–H groups in total. The third-order valence-electron chi connectivity index (χ3n) is 5.59. The Morgan fingerprint density at radius 2 is 1.56 bits per heavy atom. The predicted octanol–water partition coefficient (Wildman–Crippen LogP) is 5.35. The average molecular weight is 471 g/mol. The van der Waals surface area contributed by atoms with E-state index in [0.717, 1.165) is 22.0 Å².